The first-order valence-electron chi connectivity index (χ1n) is 8.05. The van der Waals surface area contributed by atoms with E-state index in [0.717, 1.165) is 17.9 Å². The molecule has 0 N–H and O–H groups in total. The van der Waals surface area contributed by atoms with Gasteiger partial charge in [-0.3, -0.25) is 14.3 Å². The second kappa shape index (κ2) is 4.77. The Morgan fingerprint density at radius 3 is 3.05 bits per heavy atom. The molecule has 1 saturated carbocycles. The number of allylic oxidation sites excluding steroid dienone is 2. The van der Waals surface area contributed by atoms with Gasteiger partial charge in [0, 0.05) is 18.9 Å². The van der Waals surface area contributed by atoms with Crippen LogP contribution < -0.4 is 5.56 Å². The molecular formula is C18H21N3O. The molecule has 3 aliphatic rings. The predicted octanol–water partition coefficient (Wildman–Crippen LogP) is 3.17. The summed E-state index contributed by atoms with van der Waals surface area (Å²) in [7, 11) is 0. The van der Waals surface area contributed by atoms with Crippen molar-refractivity contribution in [1.29, 1.82) is 0 Å². The molecule has 2 atom stereocenters. The van der Waals surface area contributed by atoms with E-state index in [2.05, 4.69) is 29.9 Å². The van der Waals surface area contributed by atoms with Crippen molar-refractivity contribution >= 4 is 10.9 Å². The minimum atomic E-state index is 0.0141. The average Bonchev–Trinajstić information content (AvgIpc) is 2.54. The minimum absolute atomic E-state index is 0.0141. The predicted molar refractivity (Wildman–Crippen MR) is 86.5 cm³/mol. The zero-order chi connectivity index (χ0) is 15.3. The van der Waals surface area contributed by atoms with Gasteiger partial charge in [0.15, 0.2) is 0 Å². The summed E-state index contributed by atoms with van der Waals surface area (Å²) in [6.45, 7) is 5.47. The molecule has 0 amide bonds. The first-order chi connectivity index (χ1) is 10.6. The Morgan fingerprint density at radius 2 is 2.27 bits per heavy atom. The quantitative estimate of drug-likeness (QED) is 0.817. The third kappa shape index (κ3) is 1.93. The first kappa shape index (κ1) is 13.7. The van der Waals surface area contributed by atoms with E-state index in [-0.39, 0.29) is 5.56 Å². The fraction of sp³-hybridized carbons (Fsp3) is 0.500. The molecule has 3 aliphatic carbocycles. The highest BCUT2D eigenvalue weighted by Crippen LogP contribution is 2.59. The van der Waals surface area contributed by atoms with E-state index in [1.54, 1.807) is 29.4 Å². The van der Waals surface area contributed by atoms with Gasteiger partial charge in [0.05, 0.1) is 17.2 Å². The molecule has 0 aliphatic heterocycles. The molecule has 0 unspecified atom stereocenters. The lowest BCUT2D eigenvalue weighted by Crippen LogP contribution is -2.48. The monoisotopic (exact) mass is 295 g/mol. The Labute approximate surface area is 129 Å². The number of aryl methyl sites for hydroxylation is 1. The van der Waals surface area contributed by atoms with Crippen molar-refractivity contribution in [3.05, 3.63) is 46.8 Å². The molecule has 0 radical (unpaired) electrons. The lowest BCUT2D eigenvalue weighted by molar-refractivity contribution is -0.00855. The molecule has 22 heavy (non-hydrogen) atoms. The van der Waals surface area contributed by atoms with Gasteiger partial charge in [-0.05, 0) is 42.6 Å². The molecule has 114 valence electrons. The highest BCUT2D eigenvalue weighted by Gasteiger charge is 2.50. The Kier molecular flexibility index (Phi) is 2.96. The maximum atomic E-state index is 12.5. The van der Waals surface area contributed by atoms with E-state index >= 15 is 0 Å². The number of hydrogen-bond donors (Lipinski definition) is 0. The normalized spacial score (nSPS) is 25.6. The first-order valence-corrected chi connectivity index (χ1v) is 8.05. The number of fused-ring (bicyclic) bond motifs is 2. The van der Waals surface area contributed by atoms with Gasteiger partial charge in [-0.1, -0.05) is 25.5 Å². The summed E-state index contributed by atoms with van der Waals surface area (Å²) in [5.74, 6) is 1.56. The lowest BCUT2D eigenvalue weighted by Gasteiger charge is -2.56. The topological polar surface area (TPSA) is 47.8 Å². The van der Waals surface area contributed by atoms with Crippen molar-refractivity contribution in [2.75, 3.05) is 0 Å². The van der Waals surface area contributed by atoms with Gasteiger partial charge in [-0.15, -0.1) is 0 Å². The number of rotatable bonds is 3. The third-order valence-corrected chi connectivity index (χ3v) is 5.85. The number of aromatic nitrogens is 3. The van der Waals surface area contributed by atoms with E-state index in [1.165, 1.54) is 18.4 Å². The van der Waals surface area contributed by atoms with Crippen LogP contribution in [0.3, 0.4) is 0 Å². The Morgan fingerprint density at radius 1 is 1.41 bits per heavy atom. The third-order valence-electron chi connectivity index (χ3n) is 5.85. The van der Waals surface area contributed by atoms with Crippen LogP contribution in [-0.2, 0) is 6.54 Å². The largest absolute Gasteiger partial charge is 0.298 e. The fourth-order valence-corrected chi connectivity index (χ4v) is 4.17. The van der Waals surface area contributed by atoms with Crippen molar-refractivity contribution < 1.29 is 0 Å². The zero-order valence-electron chi connectivity index (χ0n) is 13.1. The molecule has 4 nitrogen and oxygen atoms in total. The SMILES string of the molecule is CC1(C)[C@H]2CC=C(CCn3cnc4ccncc4c3=O)[C@@H]1C2. The molecule has 2 aromatic heterocycles. The summed E-state index contributed by atoms with van der Waals surface area (Å²) in [4.78, 5) is 20.9. The van der Waals surface area contributed by atoms with E-state index in [0.29, 0.717) is 23.3 Å². The highest BCUT2D eigenvalue weighted by molar-refractivity contribution is 5.75. The number of hydrogen-bond acceptors (Lipinski definition) is 3. The van der Waals surface area contributed by atoms with Crippen LogP contribution >= 0.6 is 0 Å². The van der Waals surface area contributed by atoms with Crippen LogP contribution in [0.5, 0.6) is 0 Å². The summed E-state index contributed by atoms with van der Waals surface area (Å²) in [5.41, 5.74) is 2.71. The smallest absolute Gasteiger partial charge is 0.262 e. The van der Waals surface area contributed by atoms with Gasteiger partial charge < -0.3 is 0 Å². The van der Waals surface area contributed by atoms with Crippen molar-refractivity contribution in [2.45, 2.75) is 39.7 Å². The van der Waals surface area contributed by atoms with Crippen molar-refractivity contribution in [1.82, 2.24) is 14.5 Å². The second-order valence-corrected chi connectivity index (χ2v) is 7.21. The molecule has 4 heteroatoms. The summed E-state index contributed by atoms with van der Waals surface area (Å²) in [5, 5.41) is 0.603. The summed E-state index contributed by atoms with van der Waals surface area (Å²) in [6, 6.07) is 1.78. The van der Waals surface area contributed by atoms with Crippen molar-refractivity contribution in [2.24, 2.45) is 17.3 Å². The Balaban J connectivity index is 1.57. The lowest BCUT2D eigenvalue weighted by atomic mass is 9.48. The molecule has 2 bridgehead atoms. The molecule has 0 spiro atoms. The highest BCUT2D eigenvalue weighted by atomic mass is 16.1. The van der Waals surface area contributed by atoms with E-state index in [4.69, 9.17) is 0 Å². The zero-order valence-corrected chi connectivity index (χ0v) is 13.1. The van der Waals surface area contributed by atoms with Crippen molar-refractivity contribution in [3.8, 4) is 0 Å². The molecule has 5 rings (SSSR count). The van der Waals surface area contributed by atoms with Gasteiger partial charge in [0.1, 0.15) is 0 Å². The minimum Gasteiger partial charge on any atom is -0.298 e. The van der Waals surface area contributed by atoms with Crippen LogP contribution in [0.1, 0.15) is 33.1 Å². The standard InChI is InChI=1S/C18H21N3O/c1-18(2)13-4-3-12(15(18)9-13)6-8-21-11-20-16-5-7-19-10-14(16)17(21)22/h3,5,7,10-11,13,15H,4,6,8-9H2,1-2H3/t13-,15-/m0/s1. The van der Waals surface area contributed by atoms with Gasteiger partial charge in [-0.2, -0.15) is 0 Å². The van der Waals surface area contributed by atoms with E-state index in [9.17, 15) is 4.79 Å². The van der Waals surface area contributed by atoms with Gasteiger partial charge in [-0.25, -0.2) is 4.98 Å². The van der Waals surface area contributed by atoms with Crippen LogP contribution in [-0.4, -0.2) is 14.5 Å². The van der Waals surface area contributed by atoms with Gasteiger partial charge in [0.25, 0.3) is 5.56 Å². The summed E-state index contributed by atoms with van der Waals surface area (Å²) < 4.78 is 1.72. The average molecular weight is 295 g/mol. The molecule has 2 aromatic rings. The Hall–Kier alpha value is -1.97. The molecule has 0 aromatic carbocycles. The van der Waals surface area contributed by atoms with Crippen LogP contribution in [0.25, 0.3) is 10.9 Å². The molecular weight excluding hydrogens is 274 g/mol. The molecule has 1 fully saturated rings. The van der Waals surface area contributed by atoms with Gasteiger partial charge in [0.2, 0.25) is 0 Å². The van der Waals surface area contributed by atoms with Crippen LogP contribution in [0.4, 0.5) is 0 Å². The van der Waals surface area contributed by atoms with Crippen LogP contribution in [0, 0.1) is 17.3 Å². The second-order valence-electron chi connectivity index (χ2n) is 7.21. The molecule has 0 saturated heterocycles. The maximum absolute atomic E-state index is 12.5. The van der Waals surface area contributed by atoms with E-state index in [1.807, 2.05) is 0 Å². The fourth-order valence-electron chi connectivity index (χ4n) is 4.17. The maximum Gasteiger partial charge on any atom is 0.262 e. The van der Waals surface area contributed by atoms with Crippen LogP contribution in [0.15, 0.2) is 41.2 Å². The number of nitrogens with zero attached hydrogens (tertiary/aromatic N) is 3. The Bertz CT molecular complexity index is 818. The van der Waals surface area contributed by atoms with E-state index < -0.39 is 0 Å². The molecule has 2 heterocycles. The van der Waals surface area contributed by atoms with Crippen LogP contribution in [0.2, 0.25) is 0 Å². The van der Waals surface area contributed by atoms with Gasteiger partial charge >= 0.3 is 0 Å². The summed E-state index contributed by atoms with van der Waals surface area (Å²) >= 11 is 0. The van der Waals surface area contributed by atoms with Crippen molar-refractivity contribution in [3.63, 3.8) is 0 Å². The summed E-state index contributed by atoms with van der Waals surface area (Å²) in [6.07, 6.45) is 10.8. The number of pyridine rings is 1.